The van der Waals surface area contributed by atoms with Gasteiger partial charge in [-0.1, -0.05) is 0 Å². The van der Waals surface area contributed by atoms with Crippen molar-refractivity contribution in [2.45, 2.75) is 20.0 Å². The molecule has 0 aliphatic rings. The number of hydrogen-bond acceptors (Lipinski definition) is 5. The molecule has 0 radical (unpaired) electrons. The van der Waals surface area contributed by atoms with Crippen LogP contribution in [-0.2, 0) is 13.1 Å². The van der Waals surface area contributed by atoms with Gasteiger partial charge < -0.3 is 10.2 Å². The molecule has 102 valence electrons. The Hall–Kier alpha value is -1.53. The SMILES string of the molecule is CNCc1cc(F)cnc1N(C)Cc1scnc1C. The molecule has 0 amide bonds. The van der Waals surface area contributed by atoms with Gasteiger partial charge in [0.15, 0.2) is 0 Å². The first kappa shape index (κ1) is 13.9. The Morgan fingerprint density at radius 3 is 2.84 bits per heavy atom. The van der Waals surface area contributed by atoms with Gasteiger partial charge in [0.25, 0.3) is 0 Å². The first-order valence-corrected chi connectivity index (χ1v) is 6.89. The molecular formula is C13H17FN4S. The maximum absolute atomic E-state index is 13.3. The lowest BCUT2D eigenvalue weighted by atomic mass is 10.2. The fraction of sp³-hybridized carbons (Fsp3) is 0.385. The van der Waals surface area contributed by atoms with Crippen LogP contribution < -0.4 is 10.2 Å². The smallest absolute Gasteiger partial charge is 0.141 e. The van der Waals surface area contributed by atoms with Crippen molar-refractivity contribution in [2.75, 3.05) is 19.0 Å². The molecule has 0 saturated carbocycles. The Labute approximate surface area is 116 Å². The third-order valence-corrected chi connectivity index (χ3v) is 3.78. The fourth-order valence-electron chi connectivity index (χ4n) is 1.91. The summed E-state index contributed by atoms with van der Waals surface area (Å²) >= 11 is 1.62. The predicted molar refractivity (Wildman–Crippen MR) is 75.9 cm³/mol. The Balaban J connectivity index is 2.23. The number of rotatable bonds is 5. The topological polar surface area (TPSA) is 41.1 Å². The van der Waals surface area contributed by atoms with E-state index in [1.165, 1.54) is 17.1 Å². The van der Waals surface area contributed by atoms with Crippen molar-refractivity contribution in [3.63, 3.8) is 0 Å². The van der Waals surface area contributed by atoms with Gasteiger partial charge in [-0.05, 0) is 20.0 Å². The zero-order valence-electron chi connectivity index (χ0n) is 11.3. The van der Waals surface area contributed by atoms with E-state index in [4.69, 9.17) is 0 Å². The second kappa shape index (κ2) is 6.08. The summed E-state index contributed by atoms with van der Waals surface area (Å²) < 4.78 is 13.3. The van der Waals surface area contributed by atoms with Crippen LogP contribution in [0.3, 0.4) is 0 Å². The van der Waals surface area contributed by atoms with Crippen molar-refractivity contribution in [1.29, 1.82) is 0 Å². The Bertz CT molecular complexity index is 555. The molecule has 6 heteroatoms. The quantitative estimate of drug-likeness (QED) is 0.912. The fourth-order valence-corrected chi connectivity index (χ4v) is 2.74. The molecule has 1 N–H and O–H groups in total. The average molecular weight is 280 g/mol. The predicted octanol–water partition coefficient (Wildman–Crippen LogP) is 2.34. The maximum atomic E-state index is 13.3. The first-order chi connectivity index (χ1) is 9.11. The summed E-state index contributed by atoms with van der Waals surface area (Å²) in [5.41, 5.74) is 3.73. The standard InChI is InChI=1S/C13H17FN4S/c1-9-12(19-8-17-9)7-18(3)13-10(5-15-2)4-11(14)6-16-13/h4,6,8,15H,5,7H2,1-3H3. The van der Waals surface area contributed by atoms with Crippen LogP contribution >= 0.6 is 11.3 Å². The van der Waals surface area contributed by atoms with Gasteiger partial charge in [-0.15, -0.1) is 11.3 Å². The van der Waals surface area contributed by atoms with Gasteiger partial charge in [-0.2, -0.15) is 0 Å². The zero-order chi connectivity index (χ0) is 13.8. The highest BCUT2D eigenvalue weighted by Crippen LogP contribution is 2.21. The van der Waals surface area contributed by atoms with Gasteiger partial charge in [-0.3, -0.25) is 0 Å². The molecule has 0 aliphatic heterocycles. The van der Waals surface area contributed by atoms with E-state index in [2.05, 4.69) is 15.3 Å². The second-order valence-electron chi connectivity index (χ2n) is 4.38. The minimum atomic E-state index is -0.309. The van der Waals surface area contributed by atoms with Gasteiger partial charge >= 0.3 is 0 Å². The first-order valence-electron chi connectivity index (χ1n) is 6.01. The van der Waals surface area contributed by atoms with Gasteiger partial charge in [0, 0.05) is 24.0 Å². The van der Waals surface area contributed by atoms with E-state index in [0.29, 0.717) is 6.54 Å². The Morgan fingerprint density at radius 1 is 1.42 bits per heavy atom. The normalized spacial score (nSPS) is 10.7. The monoisotopic (exact) mass is 280 g/mol. The number of thiazole rings is 1. The number of aryl methyl sites for hydroxylation is 1. The molecule has 4 nitrogen and oxygen atoms in total. The molecular weight excluding hydrogens is 263 g/mol. The Morgan fingerprint density at radius 2 is 2.21 bits per heavy atom. The van der Waals surface area contributed by atoms with Crippen molar-refractivity contribution in [1.82, 2.24) is 15.3 Å². The highest BCUT2D eigenvalue weighted by molar-refractivity contribution is 7.09. The van der Waals surface area contributed by atoms with Crippen molar-refractivity contribution in [3.8, 4) is 0 Å². The lowest BCUT2D eigenvalue weighted by Crippen LogP contribution is -2.21. The van der Waals surface area contributed by atoms with Gasteiger partial charge in [0.1, 0.15) is 11.6 Å². The van der Waals surface area contributed by atoms with Gasteiger partial charge in [-0.25, -0.2) is 14.4 Å². The molecule has 0 spiro atoms. The highest BCUT2D eigenvalue weighted by atomic mass is 32.1. The van der Waals surface area contributed by atoms with Crippen molar-refractivity contribution >= 4 is 17.2 Å². The van der Waals surface area contributed by atoms with Crippen molar-refractivity contribution in [2.24, 2.45) is 0 Å². The molecule has 0 aromatic carbocycles. The van der Waals surface area contributed by atoms with Crippen LogP contribution in [0.4, 0.5) is 10.2 Å². The number of pyridine rings is 1. The molecule has 2 aromatic rings. The van der Waals surface area contributed by atoms with Crippen LogP contribution in [0.5, 0.6) is 0 Å². The summed E-state index contributed by atoms with van der Waals surface area (Å²) in [6.45, 7) is 3.31. The van der Waals surface area contributed by atoms with Crippen molar-refractivity contribution < 1.29 is 4.39 Å². The number of hydrogen-bond donors (Lipinski definition) is 1. The molecule has 0 atom stereocenters. The van der Waals surface area contributed by atoms with Gasteiger partial charge in [0.05, 0.1) is 23.9 Å². The van der Waals surface area contributed by atoms with Crippen LogP contribution in [0.25, 0.3) is 0 Å². The van der Waals surface area contributed by atoms with E-state index >= 15 is 0 Å². The molecule has 0 aliphatic carbocycles. The van der Waals surface area contributed by atoms with E-state index in [1.807, 2.05) is 31.4 Å². The van der Waals surface area contributed by atoms with E-state index < -0.39 is 0 Å². The van der Waals surface area contributed by atoms with Crippen LogP contribution in [0.1, 0.15) is 16.1 Å². The Kier molecular flexibility index (Phi) is 4.44. The van der Waals surface area contributed by atoms with Crippen LogP contribution in [0.15, 0.2) is 17.8 Å². The molecule has 0 saturated heterocycles. The summed E-state index contributed by atoms with van der Waals surface area (Å²) in [6, 6.07) is 1.52. The molecule has 0 bridgehead atoms. The lowest BCUT2D eigenvalue weighted by molar-refractivity contribution is 0.615. The minimum absolute atomic E-state index is 0.309. The lowest BCUT2D eigenvalue weighted by Gasteiger charge is -2.20. The molecule has 0 unspecified atom stereocenters. The summed E-state index contributed by atoms with van der Waals surface area (Å²) in [5.74, 6) is 0.486. The summed E-state index contributed by atoms with van der Waals surface area (Å²) in [5, 5.41) is 3.03. The second-order valence-corrected chi connectivity index (χ2v) is 5.32. The van der Waals surface area contributed by atoms with E-state index in [1.54, 1.807) is 11.3 Å². The number of halogens is 1. The van der Waals surface area contributed by atoms with E-state index in [0.717, 1.165) is 23.6 Å². The number of nitrogens with one attached hydrogen (secondary N) is 1. The molecule has 2 aromatic heterocycles. The number of nitrogens with zero attached hydrogens (tertiary/aromatic N) is 3. The van der Waals surface area contributed by atoms with Gasteiger partial charge in [0.2, 0.25) is 0 Å². The summed E-state index contributed by atoms with van der Waals surface area (Å²) in [4.78, 5) is 11.7. The zero-order valence-corrected chi connectivity index (χ0v) is 12.1. The number of aromatic nitrogens is 2. The van der Waals surface area contributed by atoms with E-state index in [-0.39, 0.29) is 5.82 Å². The van der Waals surface area contributed by atoms with Crippen molar-refractivity contribution in [3.05, 3.63) is 39.7 Å². The average Bonchev–Trinajstić information content (AvgIpc) is 2.75. The third kappa shape index (κ3) is 3.27. The maximum Gasteiger partial charge on any atom is 0.141 e. The third-order valence-electron chi connectivity index (χ3n) is 2.86. The molecule has 19 heavy (non-hydrogen) atoms. The minimum Gasteiger partial charge on any atom is -0.354 e. The van der Waals surface area contributed by atoms with E-state index in [9.17, 15) is 4.39 Å². The summed E-state index contributed by atoms with van der Waals surface area (Å²) in [7, 11) is 3.79. The largest absolute Gasteiger partial charge is 0.354 e. The molecule has 0 fully saturated rings. The molecule has 2 rings (SSSR count). The van der Waals surface area contributed by atoms with Crippen LogP contribution in [-0.4, -0.2) is 24.1 Å². The van der Waals surface area contributed by atoms with Crippen LogP contribution in [0.2, 0.25) is 0 Å². The number of anilines is 1. The summed E-state index contributed by atoms with van der Waals surface area (Å²) in [6.07, 6.45) is 1.25. The van der Waals surface area contributed by atoms with Crippen LogP contribution in [0, 0.1) is 12.7 Å². The highest BCUT2D eigenvalue weighted by Gasteiger charge is 2.12. The molecule has 2 heterocycles.